The Morgan fingerprint density at radius 2 is 1.64 bits per heavy atom. The summed E-state index contributed by atoms with van der Waals surface area (Å²) in [7, 11) is -4.58. The number of carbonyl (C=O) groups excluding carboxylic acids is 2. The van der Waals surface area contributed by atoms with E-state index in [1.54, 1.807) is 30.3 Å². The minimum Gasteiger partial charge on any atom is -0.461 e. The van der Waals surface area contributed by atoms with Crippen molar-refractivity contribution >= 4 is 36.7 Å². The lowest BCUT2D eigenvalue weighted by atomic mass is 9.96. The van der Waals surface area contributed by atoms with Gasteiger partial charge in [0.05, 0.1) is 12.2 Å². The molecule has 0 amide bonds. The van der Waals surface area contributed by atoms with E-state index in [-0.39, 0.29) is 41.7 Å². The van der Waals surface area contributed by atoms with Crippen molar-refractivity contribution in [3.8, 4) is 18.1 Å². The standard InChI is InChI=1S/C42H54FN6O8P/c1-6-17-30(18-7-2)39(50)55-34-26-35(49-28-45-36-37(44)46-41(43)47-38(36)49)56-42(34,10-5)27-53-58(52,57-32-23-15-12-16-24-32)48-33(25-29-21-13-11-14-22-29)40(51)54-31(19-8-3)20-9-4/h5,11-16,21-24,28,30-31,33-35H,6-9,17-20,25-27H2,1-4H3,(H,48,52)(H2,44,46,47)/t33?,34-,35+,42+,58-/m0/s1. The number of para-hydroxylation sites is 1. The Hall–Kier alpha value is -4.87. The van der Waals surface area contributed by atoms with Crippen LogP contribution in [0.1, 0.15) is 97.3 Å². The first-order chi connectivity index (χ1) is 28.0. The van der Waals surface area contributed by atoms with Gasteiger partial charge in [-0.3, -0.25) is 18.7 Å². The number of rotatable bonds is 22. The molecular formula is C42H54FN6O8P. The summed E-state index contributed by atoms with van der Waals surface area (Å²) in [6.45, 7) is 7.34. The molecule has 1 aliphatic rings. The highest BCUT2D eigenvalue weighted by Crippen LogP contribution is 2.49. The van der Waals surface area contributed by atoms with Crippen LogP contribution in [0.5, 0.6) is 5.75 Å². The molecule has 1 fully saturated rings. The van der Waals surface area contributed by atoms with Crippen LogP contribution < -0.4 is 15.3 Å². The predicted octanol–water partition coefficient (Wildman–Crippen LogP) is 7.88. The van der Waals surface area contributed by atoms with Gasteiger partial charge in [-0.15, -0.1) is 6.42 Å². The van der Waals surface area contributed by atoms with E-state index in [1.807, 2.05) is 58.0 Å². The Balaban J connectivity index is 1.52. The van der Waals surface area contributed by atoms with E-state index >= 15 is 4.57 Å². The normalized spacial score (nSPS) is 19.5. The summed E-state index contributed by atoms with van der Waals surface area (Å²) in [6.07, 6.45) is 9.61. The number of hydrogen-bond acceptors (Lipinski definition) is 12. The van der Waals surface area contributed by atoms with Crippen molar-refractivity contribution in [3.63, 3.8) is 0 Å². The van der Waals surface area contributed by atoms with Crippen LogP contribution in [0.25, 0.3) is 11.2 Å². The lowest BCUT2D eigenvalue weighted by Crippen LogP contribution is -2.47. The zero-order valence-electron chi connectivity index (χ0n) is 33.6. The van der Waals surface area contributed by atoms with Gasteiger partial charge in [-0.05, 0) is 49.8 Å². The van der Waals surface area contributed by atoms with Crippen LogP contribution in [0.4, 0.5) is 10.2 Å². The zero-order valence-corrected chi connectivity index (χ0v) is 34.4. The van der Waals surface area contributed by atoms with Gasteiger partial charge in [-0.25, -0.2) is 9.55 Å². The van der Waals surface area contributed by atoms with Gasteiger partial charge in [0.25, 0.3) is 0 Å². The van der Waals surface area contributed by atoms with Crippen molar-refractivity contribution in [3.05, 3.63) is 78.6 Å². The van der Waals surface area contributed by atoms with Crippen LogP contribution in [0, 0.1) is 24.3 Å². The molecule has 1 saturated heterocycles. The van der Waals surface area contributed by atoms with Crippen LogP contribution in [-0.2, 0) is 39.3 Å². The highest BCUT2D eigenvalue weighted by Gasteiger charge is 2.53. The second kappa shape index (κ2) is 20.7. The largest absolute Gasteiger partial charge is 0.461 e. The van der Waals surface area contributed by atoms with Gasteiger partial charge in [0.1, 0.15) is 36.8 Å². The molecule has 2 aromatic heterocycles. The minimum absolute atomic E-state index is 0.0233. The van der Waals surface area contributed by atoms with Crippen molar-refractivity contribution < 1.29 is 41.8 Å². The second-order valence-corrected chi connectivity index (χ2v) is 16.1. The van der Waals surface area contributed by atoms with Crippen LogP contribution in [0.3, 0.4) is 0 Å². The molecule has 2 aromatic carbocycles. The Kier molecular flexibility index (Phi) is 15.8. The molecule has 3 N–H and O–H groups in total. The Bertz CT molecular complexity index is 2040. The number of hydrogen-bond donors (Lipinski definition) is 2. The summed E-state index contributed by atoms with van der Waals surface area (Å²) in [5, 5.41) is 2.88. The molecule has 0 aliphatic carbocycles. The zero-order chi connectivity index (χ0) is 41.7. The van der Waals surface area contributed by atoms with Gasteiger partial charge in [-0.1, -0.05) is 108 Å². The topological polar surface area (TPSA) is 179 Å². The van der Waals surface area contributed by atoms with Gasteiger partial charge < -0.3 is 24.5 Å². The van der Waals surface area contributed by atoms with Crippen molar-refractivity contribution in [2.75, 3.05) is 12.3 Å². The Labute approximate surface area is 339 Å². The SMILES string of the molecule is C#C[C@]1(CO[P@@](=O)(NC(Cc2ccccc2)C(=O)OC(CCC)CCC)Oc2ccccc2)O[C@@H](n2cnc3c(N)nc(F)nc32)C[C@@H]1OC(=O)C(CCC)CCC. The molecule has 3 heterocycles. The molecule has 0 bridgehead atoms. The van der Waals surface area contributed by atoms with Crippen LogP contribution in [0.2, 0.25) is 0 Å². The highest BCUT2D eigenvalue weighted by molar-refractivity contribution is 7.52. The van der Waals surface area contributed by atoms with Crippen molar-refractivity contribution in [2.24, 2.45) is 5.92 Å². The summed E-state index contributed by atoms with van der Waals surface area (Å²) < 4.78 is 61.9. The summed E-state index contributed by atoms with van der Waals surface area (Å²) in [4.78, 5) is 39.5. The van der Waals surface area contributed by atoms with Gasteiger partial charge in [0, 0.05) is 6.42 Å². The summed E-state index contributed by atoms with van der Waals surface area (Å²) in [5.41, 5.74) is 4.98. The maximum Gasteiger partial charge on any atom is 0.459 e. The molecule has 16 heteroatoms. The number of nitrogen functional groups attached to an aromatic ring is 1. The fraction of sp³-hybridized carbons (Fsp3) is 0.500. The van der Waals surface area contributed by atoms with Crippen molar-refractivity contribution in [1.82, 2.24) is 24.6 Å². The smallest absolute Gasteiger partial charge is 0.459 e. The fourth-order valence-corrected chi connectivity index (χ4v) is 8.57. The van der Waals surface area contributed by atoms with E-state index in [9.17, 15) is 14.0 Å². The summed E-state index contributed by atoms with van der Waals surface area (Å²) >= 11 is 0. The third-order valence-corrected chi connectivity index (χ3v) is 11.5. The van der Waals surface area contributed by atoms with E-state index < -0.39 is 62.3 Å². The number of nitrogens with one attached hydrogen (secondary N) is 1. The molecule has 0 radical (unpaired) electrons. The molecule has 58 heavy (non-hydrogen) atoms. The van der Waals surface area contributed by atoms with E-state index in [0.29, 0.717) is 25.7 Å². The highest BCUT2D eigenvalue weighted by atomic mass is 31.2. The lowest BCUT2D eigenvalue weighted by Gasteiger charge is -2.32. The number of esters is 2. The van der Waals surface area contributed by atoms with Crippen molar-refractivity contribution in [2.45, 2.75) is 122 Å². The minimum atomic E-state index is -4.58. The third-order valence-electron chi connectivity index (χ3n) is 9.93. The Morgan fingerprint density at radius 1 is 1.00 bits per heavy atom. The molecule has 5 atom stereocenters. The fourth-order valence-electron chi connectivity index (χ4n) is 7.05. The predicted molar refractivity (Wildman–Crippen MR) is 217 cm³/mol. The summed E-state index contributed by atoms with van der Waals surface area (Å²) in [5.74, 6) is 1.09. The number of fused-ring (bicyclic) bond motifs is 1. The number of benzene rings is 2. The van der Waals surface area contributed by atoms with Gasteiger partial charge in [-0.2, -0.15) is 19.4 Å². The molecule has 312 valence electrons. The van der Waals surface area contributed by atoms with E-state index in [4.69, 9.17) is 35.4 Å². The number of terminal acetylenes is 1. The number of ether oxygens (including phenoxy) is 3. The maximum absolute atomic E-state index is 15.1. The molecule has 1 aliphatic heterocycles. The van der Waals surface area contributed by atoms with Crippen LogP contribution >= 0.6 is 7.75 Å². The average molecular weight is 821 g/mol. The lowest BCUT2D eigenvalue weighted by molar-refractivity contribution is -0.163. The molecule has 4 aromatic rings. The Morgan fingerprint density at radius 3 is 2.26 bits per heavy atom. The number of nitrogens with two attached hydrogens (primary N) is 1. The second-order valence-electron chi connectivity index (χ2n) is 14.4. The number of halogens is 1. The molecule has 14 nitrogen and oxygen atoms in total. The van der Waals surface area contributed by atoms with Gasteiger partial charge >= 0.3 is 25.8 Å². The molecule has 5 rings (SSSR count). The molecule has 0 saturated carbocycles. The average Bonchev–Trinajstić information content (AvgIpc) is 3.79. The third kappa shape index (κ3) is 11.2. The number of nitrogens with zero attached hydrogens (tertiary/aromatic N) is 4. The monoisotopic (exact) mass is 820 g/mol. The first-order valence-electron chi connectivity index (χ1n) is 20.0. The maximum atomic E-state index is 15.1. The van der Waals surface area contributed by atoms with Gasteiger partial charge in [0.15, 0.2) is 22.6 Å². The number of imidazole rings is 1. The molecule has 1 unspecified atom stereocenters. The number of carbonyl (C=O) groups is 2. The van der Waals surface area contributed by atoms with E-state index in [0.717, 1.165) is 31.2 Å². The van der Waals surface area contributed by atoms with E-state index in [1.165, 1.54) is 10.9 Å². The first kappa shape index (κ1) is 44.2. The number of anilines is 1. The van der Waals surface area contributed by atoms with Crippen molar-refractivity contribution in [1.29, 1.82) is 0 Å². The van der Waals surface area contributed by atoms with Gasteiger partial charge in [0.2, 0.25) is 0 Å². The van der Waals surface area contributed by atoms with Crippen LogP contribution in [-0.4, -0.2) is 61.9 Å². The quantitative estimate of drug-likeness (QED) is 0.0339. The van der Waals surface area contributed by atoms with Crippen LogP contribution in [0.15, 0.2) is 67.0 Å². The first-order valence-corrected chi connectivity index (χ1v) is 21.5. The molecule has 0 spiro atoms. The van der Waals surface area contributed by atoms with E-state index in [2.05, 4.69) is 26.0 Å². The molecular weight excluding hydrogens is 766 g/mol. The number of aromatic nitrogens is 4. The summed E-state index contributed by atoms with van der Waals surface area (Å²) in [6, 6.07) is 16.3.